The number of amides is 1. The van der Waals surface area contributed by atoms with E-state index >= 15 is 0 Å². The molecular weight excluding hydrogens is 385 g/mol. The van der Waals surface area contributed by atoms with Gasteiger partial charge in [-0.2, -0.15) is 13.2 Å². The number of benzene rings is 1. The Labute approximate surface area is 168 Å². The Morgan fingerprint density at radius 2 is 1.86 bits per heavy atom. The highest BCUT2D eigenvalue weighted by Gasteiger charge is 2.51. The Kier molecular flexibility index (Phi) is 6.69. The van der Waals surface area contributed by atoms with Crippen LogP contribution in [-0.4, -0.2) is 49.8 Å². The number of hydrogen-bond acceptors (Lipinski definition) is 5. The number of hydrazine groups is 1. The number of nitrogens with two attached hydrogens (primary N) is 1. The van der Waals surface area contributed by atoms with Crippen molar-refractivity contribution >= 4 is 11.6 Å². The summed E-state index contributed by atoms with van der Waals surface area (Å²) in [5.41, 5.74) is 8.64. The summed E-state index contributed by atoms with van der Waals surface area (Å²) >= 11 is 0. The van der Waals surface area contributed by atoms with Gasteiger partial charge in [0, 0.05) is 13.1 Å². The van der Waals surface area contributed by atoms with Crippen LogP contribution < -0.4 is 20.9 Å². The van der Waals surface area contributed by atoms with Gasteiger partial charge in [0.1, 0.15) is 17.5 Å². The molecule has 29 heavy (non-hydrogen) atoms. The average Bonchev–Trinajstić information content (AvgIpc) is 3.10. The summed E-state index contributed by atoms with van der Waals surface area (Å²) in [5.74, 6) is 0.226. The fraction of sp³-hybridized carbons (Fsp3) is 0.550. The highest BCUT2D eigenvalue weighted by atomic mass is 19.4. The number of nitrogens with one attached hydrogen (secondary N) is 1. The average molecular weight is 412 g/mol. The summed E-state index contributed by atoms with van der Waals surface area (Å²) in [5, 5.41) is 1.27. The molecule has 1 aromatic carbocycles. The highest BCUT2D eigenvalue weighted by Crippen LogP contribution is 2.39. The van der Waals surface area contributed by atoms with Crippen molar-refractivity contribution in [3.63, 3.8) is 0 Å². The Hall–Kier alpha value is -2.26. The zero-order valence-electron chi connectivity index (χ0n) is 16.5. The minimum absolute atomic E-state index is 0.0886. The number of carbonyl (C=O) groups is 1. The molecule has 0 bridgehead atoms. The van der Waals surface area contributed by atoms with Gasteiger partial charge in [0.2, 0.25) is 0 Å². The number of anilines is 1. The second-order valence-corrected chi connectivity index (χ2v) is 7.26. The third kappa shape index (κ3) is 4.67. The number of halogens is 3. The van der Waals surface area contributed by atoms with E-state index < -0.39 is 12.2 Å². The molecule has 0 radical (unpaired) electrons. The number of rotatable bonds is 8. The van der Waals surface area contributed by atoms with Gasteiger partial charge in [-0.15, -0.1) is 0 Å². The van der Waals surface area contributed by atoms with Gasteiger partial charge in [0.05, 0.1) is 12.8 Å². The normalized spacial score (nSPS) is 19.8. The van der Waals surface area contributed by atoms with Gasteiger partial charge in [0.25, 0.3) is 5.91 Å². The molecule has 1 unspecified atom stereocenters. The SMILES string of the molecule is COc1ccc(N2NC(C(F)(F)F)C3=C2C(=O)N(CCCCCCN)CC3)cc1. The number of nitrogens with zero attached hydrogens (tertiary/aromatic N) is 2. The molecule has 3 rings (SSSR count). The molecule has 0 aromatic heterocycles. The number of unbranched alkanes of at least 4 members (excludes halogenated alkanes) is 3. The van der Waals surface area contributed by atoms with Crippen molar-refractivity contribution in [3.05, 3.63) is 35.5 Å². The van der Waals surface area contributed by atoms with Crippen LogP contribution in [0.15, 0.2) is 35.5 Å². The van der Waals surface area contributed by atoms with E-state index in [1.165, 1.54) is 12.1 Å². The first kappa shape index (κ1) is 21.4. The van der Waals surface area contributed by atoms with Crippen LogP contribution in [0.5, 0.6) is 5.75 Å². The van der Waals surface area contributed by atoms with Crippen LogP contribution >= 0.6 is 0 Å². The Balaban J connectivity index is 1.81. The fourth-order valence-corrected chi connectivity index (χ4v) is 3.77. The van der Waals surface area contributed by atoms with Crippen molar-refractivity contribution < 1.29 is 22.7 Å². The molecular formula is C20H27F3N4O2. The summed E-state index contributed by atoms with van der Waals surface area (Å²) in [4.78, 5) is 14.7. The van der Waals surface area contributed by atoms with E-state index in [1.807, 2.05) is 0 Å². The molecule has 1 atom stereocenters. The van der Waals surface area contributed by atoms with E-state index in [9.17, 15) is 18.0 Å². The van der Waals surface area contributed by atoms with Gasteiger partial charge in [-0.05, 0) is 55.6 Å². The first-order chi connectivity index (χ1) is 13.9. The number of carbonyl (C=O) groups excluding carboxylic acids is 1. The van der Waals surface area contributed by atoms with Gasteiger partial charge in [-0.1, -0.05) is 12.8 Å². The van der Waals surface area contributed by atoms with Crippen LogP contribution in [0.4, 0.5) is 18.9 Å². The summed E-state index contributed by atoms with van der Waals surface area (Å²) in [6, 6.07) is 4.72. The van der Waals surface area contributed by atoms with Crippen LogP contribution in [0.2, 0.25) is 0 Å². The monoisotopic (exact) mass is 412 g/mol. The fourth-order valence-electron chi connectivity index (χ4n) is 3.77. The molecule has 3 N–H and O–H groups in total. The van der Waals surface area contributed by atoms with E-state index in [1.54, 1.807) is 29.2 Å². The molecule has 1 aromatic rings. The van der Waals surface area contributed by atoms with Gasteiger partial charge in [0.15, 0.2) is 0 Å². The first-order valence-electron chi connectivity index (χ1n) is 9.86. The molecule has 6 nitrogen and oxygen atoms in total. The van der Waals surface area contributed by atoms with Crippen molar-refractivity contribution in [2.75, 3.05) is 31.8 Å². The lowest BCUT2D eigenvalue weighted by Crippen LogP contribution is -2.46. The van der Waals surface area contributed by atoms with Gasteiger partial charge in [-0.3, -0.25) is 9.80 Å². The van der Waals surface area contributed by atoms with Crippen molar-refractivity contribution in [1.82, 2.24) is 10.3 Å². The maximum Gasteiger partial charge on any atom is 0.409 e. The quantitative estimate of drug-likeness (QED) is 0.643. The maximum absolute atomic E-state index is 13.6. The third-order valence-electron chi connectivity index (χ3n) is 5.32. The van der Waals surface area contributed by atoms with Crippen LogP contribution in [0, 0.1) is 0 Å². The molecule has 2 heterocycles. The second-order valence-electron chi connectivity index (χ2n) is 7.26. The zero-order chi connectivity index (χ0) is 21.0. The predicted molar refractivity (Wildman–Crippen MR) is 104 cm³/mol. The van der Waals surface area contributed by atoms with E-state index in [2.05, 4.69) is 5.43 Å². The molecule has 0 saturated carbocycles. The van der Waals surface area contributed by atoms with E-state index in [-0.39, 0.29) is 23.6 Å². The highest BCUT2D eigenvalue weighted by molar-refractivity contribution is 5.99. The minimum Gasteiger partial charge on any atom is -0.497 e. The largest absolute Gasteiger partial charge is 0.497 e. The summed E-state index contributed by atoms with van der Waals surface area (Å²) in [6.07, 6.45) is -0.598. The smallest absolute Gasteiger partial charge is 0.409 e. The molecule has 0 spiro atoms. The van der Waals surface area contributed by atoms with Crippen molar-refractivity contribution in [3.8, 4) is 5.75 Å². The zero-order valence-corrected chi connectivity index (χ0v) is 16.5. The predicted octanol–water partition coefficient (Wildman–Crippen LogP) is 2.96. The van der Waals surface area contributed by atoms with Crippen molar-refractivity contribution in [2.24, 2.45) is 5.73 Å². The summed E-state index contributed by atoms with van der Waals surface area (Å²) in [6.45, 7) is 1.48. The van der Waals surface area contributed by atoms with Crippen molar-refractivity contribution in [1.29, 1.82) is 0 Å². The molecule has 0 fully saturated rings. The third-order valence-corrected chi connectivity index (χ3v) is 5.32. The number of hydrogen-bond donors (Lipinski definition) is 2. The molecule has 2 aliphatic rings. The number of methoxy groups -OCH3 is 1. The summed E-state index contributed by atoms with van der Waals surface area (Å²) in [7, 11) is 1.51. The molecule has 1 amide bonds. The topological polar surface area (TPSA) is 70.8 Å². The molecule has 0 aliphatic carbocycles. The van der Waals surface area contributed by atoms with Gasteiger partial charge in [-0.25, -0.2) is 5.43 Å². The first-order valence-corrected chi connectivity index (χ1v) is 9.86. The molecule has 2 aliphatic heterocycles. The van der Waals surface area contributed by atoms with Crippen LogP contribution in [-0.2, 0) is 4.79 Å². The Bertz CT molecular complexity index is 749. The van der Waals surface area contributed by atoms with Crippen LogP contribution in [0.25, 0.3) is 0 Å². The van der Waals surface area contributed by atoms with E-state index in [0.29, 0.717) is 31.1 Å². The van der Waals surface area contributed by atoms with E-state index in [0.717, 1.165) is 25.7 Å². The van der Waals surface area contributed by atoms with Gasteiger partial charge < -0.3 is 15.4 Å². The lowest BCUT2D eigenvalue weighted by molar-refractivity contribution is -0.145. The van der Waals surface area contributed by atoms with Crippen LogP contribution in [0.3, 0.4) is 0 Å². The Morgan fingerprint density at radius 1 is 1.17 bits per heavy atom. The molecule has 9 heteroatoms. The van der Waals surface area contributed by atoms with Crippen LogP contribution in [0.1, 0.15) is 32.1 Å². The molecule has 160 valence electrons. The standard InChI is InChI=1S/C20H27F3N4O2/c1-29-15-8-6-14(7-9-15)27-17-16(18(25-27)20(21,22)23)10-13-26(19(17)28)12-5-3-2-4-11-24/h6-9,18,25H,2-5,10-13,24H2,1H3. The van der Waals surface area contributed by atoms with Gasteiger partial charge >= 0.3 is 6.18 Å². The number of ether oxygens (including phenoxy) is 1. The lowest BCUT2D eigenvalue weighted by Gasteiger charge is -2.31. The molecule has 0 saturated heterocycles. The maximum atomic E-state index is 13.6. The number of alkyl halides is 3. The van der Waals surface area contributed by atoms with Crippen molar-refractivity contribution in [2.45, 2.75) is 44.3 Å². The minimum atomic E-state index is -4.48. The van der Waals surface area contributed by atoms with E-state index in [4.69, 9.17) is 10.5 Å². The summed E-state index contributed by atoms with van der Waals surface area (Å²) < 4.78 is 45.9. The second kappa shape index (κ2) is 9.04. The Morgan fingerprint density at radius 3 is 2.48 bits per heavy atom. The lowest BCUT2D eigenvalue weighted by atomic mass is 9.98.